The lowest BCUT2D eigenvalue weighted by Crippen LogP contribution is -2.02. The summed E-state index contributed by atoms with van der Waals surface area (Å²) in [7, 11) is 0. The molecule has 0 aliphatic carbocycles. The zero-order valence-corrected chi connectivity index (χ0v) is 16.3. The van der Waals surface area contributed by atoms with E-state index >= 15 is 0 Å². The van der Waals surface area contributed by atoms with Crippen molar-refractivity contribution in [1.29, 1.82) is 0 Å². The molecule has 4 aromatic rings. The summed E-state index contributed by atoms with van der Waals surface area (Å²) in [6.45, 7) is 3.95. The molecule has 0 fully saturated rings. The number of hydrogen-bond donors (Lipinski definition) is 4. The molecular formula is C23H19N3O4. The fourth-order valence-electron chi connectivity index (χ4n) is 3.15. The number of nitrogens with zero attached hydrogens (tertiary/aromatic N) is 3. The van der Waals surface area contributed by atoms with Crippen LogP contribution in [-0.2, 0) is 0 Å². The summed E-state index contributed by atoms with van der Waals surface area (Å²) in [4.78, 5) is 13.5. The van der Waals surface area contributed by atoms with Crippen LogP contribution in [-0.4, -0.2) is 35.4 Å². The highest BCUT2D eigenvalue weighted by atomic mass is 16.3. The van der Waals surface area contributed by atoms with E-state index in [1.54, 1.807) is 0 Å². The molecule has 0 bridgehead atoms. The first-order chi connectivity index (χ1) is 14.3. The molecule has 0 amide bonds. The van der Waals surface area contributed by atoms with Crippen LogP contribution in [0.1, 0.15) is 11.1 Å². The van der Waals surface area contributed by atoms with Gasteiger partial charge in [-0.1, -0.05) is 18.2 Å². The first-order valence-electron chi connectivity index (χ1n) is 9.21. The highest BCUT2D eigenvalue weighted by molar-refractivity contribution is 5.73. The van der Waals surface area contributed by atoms with E-state index in [4.69, 9.17) is 0 Å². The smallest absolute Gasteiger partial charge is 0.167 e. The first kappa shape index (κ1) is 19.2. The van der Waals surface area contributed by atoms with Gasteiger partial charge >= 0.3 is 0 Å². The van der Waals surface area contributed by atoms with Crippen molar-refractivity contribution in [1.82, 2.24) is 15.0 Å². The minimum absolute atomic E-state index is 0.0866. The molecule has 7 heteroatoms. The number of benzene rings is 3. The highest BCUT2D eigenvalue weighted by Gasteiger charge is 2.18. The summed E-state index contributed by atoms with van der Waals surface area (Å²) in [5, 5.41) is 39.8. The molecule has 4 rings (SSSR count). The second kappa shape index (κ2) is 7.36. The molecule has 0 spiro atoms. The van der Waals surface area contributed by atoms with E-state index in [1.807, 2.05) is 32.0 Å². The van der Waals surface area contributed by atoms with Gasteiger partial charge in [0.05, 0.1) is 11.1 Å². The van der Waals surface area contributed by atoms with Gasteiger partial charge in [-0.2, -0.15) is 0 Å². The van der Waals surface area contributed by atoms with Gasteiger partial charge in [0.15, 0.2) is 17.5 Å². The van der Waals surface area contributed by atoms with Gasteiger partial charge in [0, 0.05) is 17.7 Å². The van der Waals surface area contributed by atoms with Crippen molar-refractivity contribution < 1.29 is 20.4 Å². The number of rotatable bonds is 3. The number of aryl methyl sites for hydroxylation is 1. The highest BCUT2D eigenvalue weighted by Crippen LogP contribution is 2.35. The van der Waals surface area contributed by atoms with Crippen LogP contribution >= 0.6 is 0 Å². The Morgan fingerprint density at radius 3 is 1.50 bits per heavy atom. The fourth-order valence-corrected chi connectivity index (χ4v) is 3.15. The third kappa shape index (κ3) is 3.48. The average molecular weight is 401 g/mol. The van der Waals surface area contributed by atoms with Gasteiger partial charge < -0.3 is 20.4 Å². The van der Waals surface area contributed by atoms with Gasteiger partial charge in [0.2, 0.25) is 0 Å². The third-order valence-corrected chi connectivity index (χ3v) is 4.93. The minimum Gasteiger partial charge on any atom is -0.508 e. The Labute approximate surface area is 172 Å². The van der Waals surface area contributed by atoms with Crippen LogP contribution in [0.2, 0.25) is 0 Å². The second-order valence-corrected chi connectivity index (χ2v) is 6.96. The molecule has 0 atom stereocenters. The summed E-state index contributed by atoms with van der Waals surface area (Å²) in [5.41, 5.74) is 3.46. The standard InChI is InChI=1S/C23H19N3O4/c1-12-4-3-5-16(13(12)2)21-24-22(17-8-6-14(27)10-19(17)29)26-23(25-21)18-9-7-15(28)11-20(18)30/h3-11,27-30H,1-2H3. The monoisotopic (exact) mass is 401 g/mol. The van der Waals surface area contributed by atoms with E-state index in [0.29, 0.717) is 17.0 Å². The lowest BCUT2D eigenvalue weighted by atomic mass is 10.0. The summed E-state index contributed by atoms with van der Waals surface area (Å²) in [5.74, 6) is 0.189. The molecule has 0 aliphatic heterocycles. The van der Waals surface area contributed by atoms with Gasteiger partial charge in [0.1, 0.15) is 23.0 Å². The topological polar surface area (TPSA) is 120 Å². The van der Waals surface area contributed by atoms with Crippen LogP contribution in [0, 0.1) is 13.8 Å². The predicted molar refractivity (Wildman–Crippen MR) is 112 cm³/mol. The molecule has 7 nitrogen and oxygen atoms in total. The average Bonchev–Trinajstić information content (AvgIpc) is 2.69. The number of hydrogen-bond acceptors (Lipinski definition) is 7. The molecule has 0 unspecified atom stereocenters. The summed E-state index contributed by atoms with van der Waals surface area (Å²) in [6.07, 6.45) is 0. The van der Waals surface area contributed by atoms with E-state index in [1.165, 1.54) is 36.4 Å². The molecule has 4 N–H and O–H groups in total. The van der Waals surface area contributed by atoms with Gasteiger partial charge in [0.25, 0.3) is 0 Å². The van der Waals surface area contributed by atoms with Crippen LogP contribution in [0.3, 0.4) is 0 Å². The number of aromatic hydroxyl groups is 4. The molecular weight excluding hydrogens is 382 g/mol. The largest absolute Gasteiger partial charge is 0.508 e. The van der Waals surface area contributed by atoms with E-state index < -0.39 is 0 Å². The molecule has 0 saturated carbocycles. The number of aromatic nitrogens is 3. The SMILES string of the molecule is Cc1cccc(-c2nc(-c3ccc(O)cc3O)nc(-c3ccc(O)cc3O)n2)c1C. The molecule has 30 heavy (non-hydrogen) atoms. The lowest BCUT2D eigenvalue weighted by molar-refractivity contribution is 0.451. The van der Waals surface area contributed by atoms with Gasteiger partial charge in [-0.15, -0.1) is 0 Å². The molecule has 150 valence electrons. The van der Waals surface area contributed by atoms with E-state index in [-0.39, 0.29) is 34.6 Å². The number of phenolic OH excluding ortho intramolecular Hbond substituents is 4. The van der Waals surface area contributed by atoms with Crippen molar-refractivity contribution in [2.45, 2.75) is 13.8 Å². The normalized spacial score (nSPS) is 10.9. The van der Waals surface area contributed by atoms with Crippen LogP contribution in [0.25, 0.3) is 34.2 Å². The second-order valence-electron chi connectivity index (χ2n) is 6.96. The predicted octanol–water partition coefficient (Wildman–Crippen LogP) is 4.31. The van der Waals surface area contributed by atoms with Crippen molar-refractivity contribution in [3.8, 4) is 57.2 Å². The van der Waals surface area contributed by atoms with Crippen LogP contribution in [0.4, 0.5) is 0 Å². The quantitative estimate of drug-likeness (QED) is 0.404. The summed E-state index contributed by atoms with van der Waals surface area (Å²) >= 11 is 0. The van der Waals surface area contributed by atoms with E-state index in [2.05, 4.69) is 15.0 Å². The van der Waals surface area contributed by atoms with Gasteiger partial charge in [-0.25, -0.2) is 15.0 Å². The van der Waals surface area contributed by atoms with Crippen molar-refractivity contribution in [2.75, 3.05) is 0 Å². The molecule has 0 radical (unpaired) electrons. The summed E-state index contributed by atoms with van der Waals surface area (Å²) in [6, 6.07) is 14.0. The van der Waals surface area contributed by atoms with E-state index in [0.717, 1.165) is 16.7 Å². The first-order valence-corrected chi connectivity index (χ1v) is 9.21. The minimum atomic E-state index is -0.186. The molecule has 3 aromatic carbocycles. The Kier molecular flexibility index (Phi) is 4.71. The Balaban J connectivity index is 2.00. The maximum absolute atomic E-state index is 10.3. The Hall–Kier alpha value is -4.13. The van der Waals surface area contributed by atoms with Crippen LogP contribution < -0.4 is 0 Å². The van der Waals surface area contributed by atoms with Crippen molar-refractivity contribution in [3.05, 3.63) is 65.7 Å². The van der Waals surface area contributed by atoms with Gasteiger partial charge in [-0.3, -0.25) is 0 Å². The molecule has 0 saturated heterocycles. The summed E-state index contributed by atoms with van der Waals surface area (Å²) < 4.78 is 0. The maximum atomic E-state index is 10.3. The van der Waals surface area contributed by atoms with Crippen molar-refractivity contribution in [3.63, 3.8) is 0 Å². The van der Waals surface area contributed by atoms with E-state index in [9.17, 15) is 20.4 Å². The number of phenols is 4. The Morgan fingerprint density at radius 2 is 1.03 bits per heavy atom. The lowest BCUT2D eigenvalue weighted by Gasteiger charge is -2.12. The van der Waals surface area contributed by atoms with Crippen molar-refractivity contribution >= 4 is 0 Å². The molecule has 0 aliphatic rings. The van der Waals surface area contributed by atoms with Crippen LogP contribution in [0.5, 0.6) is 23.0 Å². The Morgan fingerprint density at radius 1 is 0.567 bits per heavy atom. The fraction of sp³-hybridized carbons (Fsp3) is 0.0870. The third-order valence-electron chi connectivity index (χ3n) is 4.93. The van der Waals surface area contributed by atoms with Crippen molar-refractivity contribution in [2.24, 2.45) is 0 Å². The Bertz CT molecular complexity index is 1200. The maximum Gasteiger partial charge on any atom is 0.167 e. The van der Waals surface area contributed by atoms with Gasteiger partial charge in [-0.05, 0) is 49.2 Å². The van der Waals surface area contributed by atoms with Crippen LogP contribution in [0.15, 0.2) is 54.6 Å². The molecule has 1 heterocycles. The zero-order chi connectivity index (χ0) is 21.4. The molecule has 1 aromatic heterocycles. The zero-order valence-electron chi connectivity index (χ0n) is 16.3.